The maximum atomic E-state index is 12.3. The molecule has 2 rings (SSSR count). The van der Waals surface area contributed by atoms with Gasteiger partial charge in [0.2, 0.25) is 0 Å². The summed E-state index contributed by atoms with van der Waals surface area (Å²) >= 11 is 3.40. The van der Waals surface area contributed by atoms with Gasteiger partial charge in [0.1, 0.15) is 5.69 Å². The molecule has 1 amide bonds. The van der Waals surface area contributed by atoms with Gasteiger partial charge >= 0.3 is 0 Å². The number of carbonyl (C=O) groups is 1. The van der Waals surface area contributed by atoms with E-state index in [1.54, 1.807) is 0 Å². The molecular weight excluding hydrogens is 318 g/mol. The Kier molecular flexibility index (Phi) is 4.59. The molecule has 1 aliphatic rings. The van der Waals surface area contributed by atoms with E-state index in [0.717, 1.165) is 30.4 Å². The molecule has 1 aliphatic heterocycles. The fourth-order valence-electron chi connectivity index (χ4n) is 2.70. The van der Waals surface area contributed by atoms with Gasteiger partial charge in [0.05, 0.1) is 0 Å². The van der Waals surface area contributed by atoms with Crippen LogP contribution in [0.25, 0.3) is 0 Å². The molecule has 0 spiro atoms. The summed E-state index contributed by atoms with van der Waals surface area (Å²) in [6.07, 6.45) is 3.94. The summed E-state index contributed by atoms with van der Waals surface area (Å²) in [5.41, 5.74) is 0.924. The maximum Gasteiger partial charge on any atom is 0.268 e. The topological polar surface area (TPSA) is 37.3 Å². The summed E-state index contributed by atoms with van der Waals surface area (Å²) in [7, 11) is 1.89. The summed E-state index contributed by atoms with van der Waals surface area (Å²) in [6.45, 7) is 8.82. The van der Waals surface area contributed by atoms with Crippen molar-refractivity contribution in [2.45, 2.75) is 45.2 Å². The Morgan fingerprint density at radius 1 is 1.35 bits per heavy atom. The molecule has 2 heterocycles. The Morgan fingerprint density at radius 2 is 1.95 bits per heavy atom. The largest absolute Gasteiger partial charge is 0.348 e. The summed E-state index contributed by atoms with van der Waals surface area (Å²) < 4.78 is 2.79. The van der Waals surface area contributed by atoms with Crippen molar-refractivity contribution in [3.8, 4) is 0 Å². The van der Waals surface area contributed by atoms with Crippen molar-refractivity contribution in [1.82, 2.24) is 14.8 Å². The zero-order valence-electron chi connectivity index (χ0n) is 12.7. The lowest BCUT2D eigenvalue weighted by Gasteiger charge is -2.41. The van der Waals surface area contributed by atoms with Crippen LogP contribution < -0.4 is 5.32 Å². The molecule has 1 N–H and O–H groups in total. The number of nitrogens with zero attached hydrogens (tertiary/aromatic N) is 2. The highest BCUT2D eigenvalue weighted by atomic mass is 79.9. The normalized spacial score (nSPS) is 18.2. The number of hydrogen-bond acceptors (Lipinski definition) is 2. The molecule has 1 fully saturated rings. The van der Waals surface area contributed by atoms with E-state index in [4.69, 9.17) is 0 Å². The Labute approximate surface area is 129 Å². The molecule has 1 aromatic rings. The first-order valence-corrected chi connectivity index (χ1v) is 7.94. The summed E-state index contributed by atoms with van der Waals surface area (Å²) in [4.78, 5) is 14.7. The molecule has 0 radical (unpaired) electrons. The van der Waals surface area contributed by atoms with Crippen LogP contribution >= 0.6 is 15.9 Å². The van der Waals surface area contributed by atoms with Crippen molar-refractivity contribution >= 4 is 21.8 Å². The second-order valence-corrected chi connectivity index (χ2v) is 7.48. The molecule has 0 saturated carbocycles. The van der Waals surface area contributed by atoms with Gasteiger partial charge in [-0.1, -0.05) is 0 Å². The second kappa shape index (κ2) is 5.90. The van der Waals surface area contributed by atoms with Crippen molar-refractivity contribution in [3.05, 3.63) is 22.4 Å². The van der Waals surface area contributed by atoms with E-state index in [1.165, 1.54) is 0 Å². The van der Waals surface area contributed by atoms with Gasteiger partial charge in [-0.15, -0.1) is 0 Å². The molecule has 0 atom stereocenters. The maximum absolute atomic E-state index is 12.3. The van der Waals surface area contributed by atoms with Crippen LogP contribution in [-0.2, 0) is 7.05 Å². The number of aryl methyl sites for hydroxylation is 1. The van der Waals surface area contributed by atoms with E-state index in [1.807, 2.05) is 23.9 Å². The number of amides is 1. The number of piperidine rings is 1. The van der Waals surface area contributed by atoms with Gasteiger partial charge in [-0.05, 0) is 55.6 Å². The van der Waals surface area contributed by atoms with Gasteiger partial charge < -0.3 is 9.88 Å². The second-order valence-electron chi connectivity index (χ2n) is 6.56. The number of carbonyl (C=O) groups excluding carboxylic acids is 1. The summed E-state index contributed by atoms with van der Waals surface area (Å²) in [6, 6.07) is 2.15. The lowest BCUT2D eigenvalue weighted by atomic mass is 9.98. The minimum atomic E-state index is 0.0207. The molecule has 112 valence electrons. The molecule has 0 bridgehead atoms. The fourth-order valence-corrected chi connectivity index (χ4v) is 3.23. The zero-order valence-corrected chi connectivity index (χ0v) is 14.3. The Balaban J connectivity index is 1.90. The third kappa shape index (κ3) is 3.64. The van der Waals surface area contributed by atoms with Crippen LogP contribution in [0.2, 0.25) is 0 Å². The van der Waals surface area contributed by atoms with Crippen LogP contribution in [-0.4, -0.2) is 40.0 Å². The minimum absolute atomic E-state index is 0.0207. The predicted octanol–water partition coefficient (Wildman–Crippen LogP) is 2.78. The Bertz CT molecular complexity index is 482. The van der Waals surface area contributed by atoms with Gasteiger partial charge in [-0.25, -0.2) is 0 Å². The lowest BCUT2D eigenvalue weighted by Crippen LogP contribution is -2.51. The molecule has 0 aromatic carbocycles. The average Bonchev–Trinajstić information content (AvgIpc) is 2.68. The molecule has 20 heavy (non-hydrogen) atoms. The standard InChI is InChI=1S/C15H24BrN3O/c1-15(2,3)19-7-5-12(6-8-19)17-14(20)13-9-11(16)10-18(13)4/h9-10,12H,5-8H2,1-4H3,(H,17,20). The van der Waals surface area contributed by atoms with Gasteiger partial charge in [-0.3, -0.25) is 9.69 Å². The van der Waals surface area contributed by atoms with Crippen LogP contribution in [0, 0.1) is 0 Å². The van der Waals surface area contributed by atoms with Crippen LogP contribution in [0.3, 0.4) is 0 Å². The lowest BCUT2D eigenvalue weighted by molar-refractivity contribution is 0.0807. The van der Waals surface area contributed by atoms with Crippen molar-refractivity contribution in [2.75, 3.05) is 13.1 Å². The molecule has 1 saturated heterocycles. The van der Waals surface area contributed by atoms with E-state index in [-0.39, 0.29) is 17.5 Å². The number of halogens is 1. The zero-order chi connectivity index (χ0) is 14.9. The predicted molar refractivity (Wildman–Crippen MR) is 84.9 cm³/mol. The van der Waals surface area contributed by atoms with Gasteiger partial charge in [0, 0.05) is 42.4 Å². The SMILES string of the molecule is Cn1cc(Br)cc1C(=O)NC1CCN(C(C)(C)C)CC1. The van der Waals surface area contributed by atoms with E-state index in [0.29, 0.717) is 5.69 Å². The fraction of sp³-hybridized carbons (Fsp3) is 0.667. The first-order valence-electron chi connectivity index (χ1n) is 7.15. The van der Waals surface area contributed by atoms with E-state index < -0.39 is 0 Å². The van der Waals surface area contributed by atoms with Crippen LogP contribution in [0.1, 0.15) is 44.1 Å². The summed E-state index contributed by atoms with van der Waals surface area (Å²) in [5.74, 6) is 0.0207. The quantitative estimate of drug-likeness (QED) is 0.897. The monoisotopic (exact) mass is 341 g/mol. The smallest absolute Gasteiger partial charge is 0.268 e. The van der Waals surface area contributed by atoms with Crippen LogP contribution in [0.15, 0.2) is 16.7 Å². The van der Waals surface area contributed by atoms with Gasteiger partial charge in [-0.2, -0.15) is 0 Å². The Morgan fingerprint density at radius 3 is 2.40 bits per heavy atom. The van der Waals surface area contributed by atoms with Crippen molar-refractivity contribution in [1.29, 1.82) is 0 Å². The molecular formula is C15H24BrN3O. The van der Waals surface area contributed by atoms with Gasteiger partial charge in [0.15, 0.2) is 0 Å². The van der Waals surface area contributed by atoms with Crippen molar-refractivity contribution in [2.24, 2.45) is 7.05 Å². The molecule has 1 aromatic heterocycles. The highest BCUT2D eigenvalue weighted by Gasteiger charge is 2.28. The number of aromatic nitrogens is 1. The van der Waals surface area contributed by atoms with E-state index in [2.05, 4.69) is 46.9 Å². The first kappa shape index (κ1) is 15.6. The average molecular weight is 342 g/mol. The molecule has 0 aliphatic carbocycles. The molecule has 4 nitrogen and oxygen atoms in total. The first-order chi connectivity index (χ1) is 9.27. The van der Waals surface area contributed by atoms with E-state index >= 15 is 0 Å². The third-order valence-corrected chi connectivity index (χ3v) is 4.42. The number of rotatable bonds is 2. The van der Waals surface area contributed by atoms with E-state index in [9.17, 15) is 4.79 Å². The molecule has 0 unspecified atom stereocenters. The summed E-state index contributed by atoms with van der Waals surface area (Å²) in [5, 5.41) is 3.15. The van der Waals surface area contributed by atoms with Crippen LogP contribution in [0.5, 0.6) is 0 Å². The third-order valence-electron chi connectivity index (χ3n) is 3.98. The Hall–Kier alpha value is -0.810. The van der Waals surface area contributed by atoms with Crippen molar-refractivity contribution < 1.29 is 4.79 Å². The van der Waals surface area contributed by atoms with Crippen LogP contribution in [0.4, 0.5) is 0 Å². The minimum Gasteiger partial charge on any atom is -0.348 e. The molecule has 5 heteroatoms. The van der Waals surface area contributed by atoms with Crippen molar-refractivity contribution in [3.63, 3.8) is 0 Å². The highest BCUT2D eigenvalue weighted by Crippen LogP contribution is 2.20. The number of nitrogens with one attached hydrogen (secondary N) is 1. The van der Waals surface area contributed by atoms with Gasteiger partial charge in [0.25, 0.3) is 5.91 Å². The highest BCUT2D eigenvalue weighted by molar-refractivity contribution is 9.10. The number of hydrogen-bond donors (Lipinski definition) is 1. The number of likely N-dealkylation sites (tertiary alicyclic amines) is 1.